The number of sulfonamides is 1. The summed E-state index contributed by atoms with van der Waals surface area (Å²) in [6.07, 6.45) is 0. The van der Waals surface area contributed by atoms with E-state index in [1.165, 1.54) is 13.2 Å². The molecule has 0 heterocycles. The van der Waals surface area contributed by atoms with Gasteiger partial charge in [0.2, 0.25) is 10.0 Å². The van der Waals surface area contributed by atoms with Crippen molar-refractivity contribution in [3.63, 3.8) is 0 Å². The van der Waals surface area contributed by atoms with Crippen LogP contribution in [-0.2, 0) is 21.4 Å². The van der Waals surface area contributed by atoms with Gasteiger partial charge in [-0.1, -0.05) is 15.9 Å². The molecule has 0 aliphatic carbocycles. The van der Waals surface area contributed by atoms with Gasteiger partial charge >= 0.3 is 0 Å². The Kier molecular flexibility index (Phi) is 5.68. The van der Waals surface area contributed by atoms with E-state index in [-0.39, 0.29) is 12.1 Å². The van der Waals surface area contributed by atoms with E-state index in [1.54, 1.807) is 13.8 Å². The fraction of sp³-hybridized carbons (Fsp3) is 0.500. The van der Waals surface area contributed by atoms with Crippen LogP contribution in [0.4, 0.5) is 4.39 Å². The first kappa shape index (κ1) is 17.5. The van der Waals surface area contributed by atoms with E-state index in [0.717, 1.165) is 6.07 Å². The molecule has 20 heavy (non-hydrogen) atoms. The molecule has 1 rings (SSSR count). The van der Waals surface area contributed by atoms with Gasteiger partial charge < -0.3 is 9.84 Å². The van der Waals surface area contributed by atoms with Crippen molar-refractivity contribution < 1.29 is 22.7 Å². The molecule has 2 N–H and O–H groups in total. The van der Waals surface area contributed by atoms with Crippen molar-refractivity contribution in [2.75, 3.05) is 13.7 Å². The van der Waals surface area contributed by atoms with Gasteiger partial charge in [0.15, 0.2) is 0 Å². The zero-order valence-electron chi connectivity index (χ0n) is 11.4. The lowest BCUT2D eigenvalue weighted by molar-refractivity contribution is 0.0276. The topological polar surface area (TPSA) is 75.6 Å². The van der Waals surface area contributed by atoms with Crippen molar-refractivity contribution in [3.8, 4) is 0 Å². The monoisotopic (exact) mass is 369 g/mol. The van der Waals surface area contributed by atoms with Crippen LogP contribution in [0.1, 0.15) is 19.4 Å². The second-order valence-electron chi connectivity index (χ2n) is 4.82. The molecule has 1 aromatic carbocycles. The van der Waals surface area contributed by atoms with E-state index >= 15 is 0 Å². The van der Waals surface area contributed by atoms with Crippen LogP contribution >= 0.6 is 15.9 Å². The van der Waals surface area contributed by atoms with Crippen molar-refractivity contribution >= 4 is 26.0 Å². The van der Waals surface area contributed by atoms with Gasteiger partial charge in [0.05, 0.1) is 12.2 Å². The van der Waals surface area contributed by atoms with E-state index in [1.807, 2.05) is 0 Å². The van der Waals surface area contributed by atoms with Crippen LogP contribution in [0.5, 0.6) is 0 Å². The average Bonchev–Trinajstić information content (AvgIpc) is 2.39. The Morgan fingerprint density at radius 1 is 1.45 bits per heavy atom. The highest BCUT2D eigenvalue weighted by atomic mass is 79.9. The lowest BCUT2D eigenvalue weighted by Crippen LogP contribution is -2.40. The van der Waals surface area contributed by atoms with Gasteiger partial charge in [-0.2, -0.15) is 0 Å². The number of hydrogen-bond acceptors (Lipinski definition) is 4. The third-order valence-corrected chi connectivity index (χ3v) is 4.64. The molecule has 0 amide bonds. The molecule has 0 aromatic heterocycles. The first-order chi connectivity index (χ1) is 9.13. The van der Waals surface area contributed by atoms with E-state index in [9.17, 15) is 12.8 Å². The Labute approximate surface area is 126 Å². The first-order valence-electron chi connectivity index (χ1n) is 5.76. The Bertz CT molecular complexity index is 589. The zero-order chi connectivity index (χ0) is 15.6. The normalized spacial score (nSPS) is 12.7. The van der Waals surface area contributed by atoms with Crippen LogP contribution in [0, 0.1) is 5.82 Å². The van der Waals surface area contributed by atoms with Crippen molar-refractivity contribution in [1.82, 2.24) is 4.72 Å². The van der Waals surface area contributed by atoms with Gasteiger partial charge in [-0.3, -0.25) is 0 Å². The standard InChI is InChI=1S/C12H17BrFNO4S/c1-12(2,19-3)7-15-20(17,18)10-5-9(13)4-8(6-16)11(10)14/h4-5,15-16H,6-7H2,1-3H3. The molecule has 0 atom stereocenters. The third kappa shape index (κ3) is 4.23. The van der Waals surface area contributed by atoms with Gasteiger partial charge in [0.1, 0.15) is 10.7 Å². The maximum Gasteiger partial charge on any atom is 0.243 e. The number of benzene rings is 1. The number of nitrogens with one attached hydrogen (secondary N) is 1. The second-order valence-corrected chi connectivity index (χ2v) is 7.47. The molecule has 0 spiro atoms. The van der Waals surface area contributed by atoms with Crippen LogP contribution in [-0.4, -0.2) is 32.8 Å². The summed E-state index contributed by atoms with van der Waals surface area (Å²) in [5.41, 5.74) is -0.805. The molecule has 0 bridgehead atoms. The highest BCUT2D eigenvalue weighted by Gasteiger charge is 2.25. The van der Waals surface area contributed by atoms with Crippen LogP contribution in [0.25, 0.3) is 0 Å². The Hall–Kier alpha value is -0.540. The third-order valence-electron chi connectivity index (χ3n) is 2.78. The maximum absolute atomic E-state index is 14.0. The van der Waals surface area contributed by atoms with Crippen LogP contribution in [0.15, 0.2) is 21.5 Å². The summed E-state index contributed by atoms with van der Waals surface area (Å²) in [4.78, 5) is -0.511. The van der Waals surface area contributed by atoms with Crippen molar-refractivity contribution in [2.24, 2.45) is 0 Å². The molecule has 114 valence electrons. The minimum atomic E-state index is -4.04. The van der Waals surface area contributed by atoms with E-state index in [0.29, 0.717) is 4.47 Å². The van der Waals surface area contributed by atoms with Gasteiger partial charge in [-0.15, -0.1) is 0 Å². The molecule has 0 aliphatic heterocycles. The number of ether oxygens (including phenoxy) is 1. The number of halogens is 2. The molecule has 0 aliphatic rings. The predicted octanol–water partition coefficient (Wildman–Crippen LogP) is 1.78. The van der Waals surface area contributed by atoms with Crippen molar-refractivity contribution in [2.45, 2.75) is 31.0 Å². The number of aliphatic hydroxyl groups excluding tert-OH is 1. The summed E-state index contributed by atoms with van der Waals surface area (Å²) in [5.74, 6) is -0.960. The molecular formula is C12H17BrFNO4S. The minimum Gasteiger partial charge on any atom is -0.392 e. The number of aliphatic hydroxyl groups is 1. The summed E-state index contributed by atoms with van der Waals surface area (Å²) in [5, 5.41) is 9.03. The maximum atomic E-state index is 14.0. The molecule has 0 saturated heterocycles. The molecule has 0 saturated carbocycles. The summed E-state index contributed by atoms with van der Waals surface area (Å²) < 4.78 is 46.0. The van der Waals surface area contributed by atoms with Crippen LogP contribution < -0.4 is 4.72 Å². The molecule has 8 heteroatoms. The summed E-state index contributed by atoms with van der Waals surface area (Å²) in [6.45, 7) is 2.81. The molecule has 0 radical (unpaired) electrons. The second kappa shape index (κ2) is 6.48. The predicted molar refractivity (Wildman–Crippen MR) is 76.3 cm³/mol. The quantitative estimate of drug-likeness (QED) is 0.801. The smallest absolute Gasteiger partial charge is 0.243 e. The Balaban J connectivity index is 3.13. The van der Waals surface area contributed by atoms with Crippen LogP contribution in [0.3, 0.4) is 0 Å². The SMILES string of the molecule is COC(C)(C)CNS(=O)(=O)c1cc(Br)cc(CO)c1F. The first-order valence-corrected chi connectivity index (χ1v) is 8.04. The highest BCUT2D eigenvalue weighted by molar-refractivity contribution is 9.10. The summed E-state index contributed by atoms with van der Waals surface area (Å²) in [7, 11) is -2.58. The lowest BCUT2D eigenvalue weighted by Gasteiger charge is -2.23. The van der Waals surface area contributed by atoms with Crippen molar-refractivity contribution in [1.29, 1.82) is 0 Å². The Morgan fingerprint density at radius 3 is 2.55 bits per heavy atom. The van der Waals surface area contributed by atoms with Gasteiger partial charge in [-0.05, 0) is 26.0 Å². The highest BCUT2D eigenvalue weighted by Crippen LogP contribution is 2.24. The summed E-state index contributed by atoms with van der Waals surface area (Å²) in [6, 6.07) is 2.48. The Morgan fingerprint density at radius 2 is 2.05 bits per heavy atom. The van der Waals surface area contributed by atoms with E-state index in [2.05, 4.69) is 20.7 Å². The molecular weight excluding hydrogens is 353 g/mol. The van der Waals surface area contributed by atoms with Gasteiger partial charge in [0, 0.05) is 23.7 Å². The average molecular weight is 370 g/mol. The van der Waals surface area contributed by atoms with Gasteiger partial charge in [0.25, 0.3) is 0 Å². The number of rotatable bonds is 6. The summed E-state index contributed by atoms with van der Waals surface area (Å²) >= 11 is 3.09. The lowest BCUT2D eigenvalue weighted by atomic mass is 10.1. The van der Waals surface area contributed by atoms with Gasteiger partial charge in [-0.25, -0.2) is 17.5 Å². The molecule has 5 nitrogen and oxygen atoms in total. The minimum absolute atomic E-state index is 0.00769. The fourth-order valence-corrected chi connectivity index (χ4v) is 3.35. The van der Waals surface area contributed by atoms with Crippen molar-refractivity contribution in [3.05, 3.63) is 28.0 Å². The van der Waals surface area contributed by atoms with Crippen LogP contribution in [0.2, 0.25) is 0 Å². The zero-order valence-corrected chi connectivity index (χ0v) is 13.8. The fourth-order valence-electron chi connectivity index (χ4n) is 1.35. The molecule has 0 unspecified atom stereocenters. The molecule has 1 aromatic rings. The largest absolute Gasteiger partial charge is 0.392 e. The number of hydrogen-bond donors (Lipinski definition) is 2. The molecule has 0 fully saturated rings. The van der Waals surface area contributed by atoms with E-state index in [4.69, 9.17) is 9.84 Å². The van der Waals surface area contributed by atoms with E-state index < -0.39 is 32.9 Å². The number of methoxy groups -OCH3 is 1.